The summed E-state index contributed by atoms with van der Waals surface area (Å²) in [5.41, 5.74) is 2.29. The van der Waals surface area contributed by atoms with Crippen LogP contribution in [0.25, 0.3) is 16.6 Å². The number of nitrogens with one attached hydrogen (secondary N) is 1. The summed E-state index contributed by atoms with van der Waals surface area (Å²) < 4.78 is 3.45. The van der Waals surface area contributed by atoms with Gasteiger partial charge in [0.05, 0.1) is 5.52 Å². The van der Waals surface area contributed by atoms with Crippen molar-refractivity contribution >= 4 is 39.8 Å². The van der Waals surface area contributed by atoms with E-state index < -0.39 is 0 Å². The van der Waals surface area contributed by atoms with E-state index in [1.165, 1.54) is 0 Å². The molecular weight excluding hydrogens is 440 g/mol. The number of aromatic nitrogens is 5. The molecule has 3 aromatic heterocycles. The summed E-state index contributed by atoms with van der Waals surface area (Å²) in [6, 6.07) is 19.7. The van der Waals surface area contributed by atoms with Gasteiger partial charge in [0.15, 0.2) is 17.1 Å². The summed E-state index contributed by atoms with van der Waals surface area (Å²) >= 11 is 5.91. The number of Topliss-reactive ketones (excluding diaryl/α,β-unsaturated/α-hetero) is 1. The van der Waals surface area contributed by atoms with Crippen molar-refractivity contribution in [2.75, 3.05) is 6.54 Å². The Kier molecular flexibility index (Phi) is 5.58. The first-order valence-electron chi connectivity index (χ1n) is 10.4. The van der Waals surface area contributed by atoms with Crippen LogP contribution in [0.15, 0.2) is 72.9 Å². The minimum absolute atomic E-state index is 0.0150. The van der Waals surface area contributed by atoms with E-state index in [9.17, 15) is 9.59 Å². The third kappa shape index (κ3) is 4.20. The molecule has 2 aromatic carbocycles. The van der Waals surface area contributed by atoms with Gasteiger partial charge in [0.25, 0.3) is 5.91 Å². The summed E-state index contributed by atoms with van der Waals surface area (Å²) in [6.45, 7) is 0.389. The highest BCUT2D eigenvalue weighted by Crippen LogP contribution is 2.19. The van der Waals surface area contributed by atoms with Crippen LogP contribution in [0.4, 0.5) is 0 Å². The standard InChI is InChI=1S/C24H19ClN6O2/c25-17-10-8-16(9-11-17)20(32)15-31-19-6-2-1-5-18(19)23(29-31)24(33)26-13-12-22-28-27-21-7-3-4-14-30(21)22/h1-11,14H,12-13,15H2,(H,26,33). The first-order valence-corrected chi connectivity index (χ1v) is 10.8. The predicted molar refractivity (Wildman–Crippen MR) is 125 cm³/mol. The SMILES string of the molecule is O=C(Cn1nc(C(=O)NCCc2nnc3ccccn23)c2ccccc21)c1ccc(Cl)cc1. The first kappa shape index (κ1) is 20.8. The molecule has 164 valence electrons. The molecule has 0 saturated heterocycles. The van der Waals surface area contributed by atoms with Gasteiger partial charge in [-0.2, -0.15) is 5.10 Å². The molecule has 0 bridgehead atoms. The normalized spacial score (nSPS) is 11.2. The highest BCUT2D eigenvalue weighted by atomic mass is 35.5. The number of hydrogen-bond donors (Lipinski definition) is 1. The Labute approximate surface area is 193 Å². The second-order valence-electron chi connectivity index (χ2n) is 7.50. The maximum absolute atomic E-state index is 12.9. The van der Waals surface area contributed by atoms with Gasteiger partial charge in [0.2, 0.25) is 0 Å². The van der Waals surface area contributed by atoms with Crippen molar-refractivity contribution in [3.8, 4) is 0 Å². The highest BCUT2D eigenvalue weighted by molar-refractivity contribution is 6.30. The van der Waals surface area contributed by atoms with E-state index in [0.717, 1.165) is 11.5 Å². The molecule has 1 amide bonds. The van der Waals surface area contributed by atoms with E-state index in [4.69, 9.17) is 11.6 Å². The molecule has 33 heavy (non-hydrogen) atoms. The average Bonchev–Trinajstić information content (AvgIpc) is 3.41. The number of halogens is 1. The smallest absolute Gasteiger partial charge is 0.272 e. The lowest BCUT2D eigenvalue weighted by Crippen LogP contribution is -2.27. The Morgan fingerprint density at radius 3 is 2.58 bits per heavy atom. The molecule has 1 N–H and O–H groups in total. The van der Waals surface area contributed by atoms with E-state index >= 15 is 0 Å². The lowest BCUT2D eigenvalue weighted by Gasteiger charge is -2.04. The van der Waals surface area contributed by atoms with E-state index in [1.54, 1.807) is 28.9 Å². The average molecular weight is 459 g/mol. The first-order chi connectivity index (χ1) is 16.1. The third-order valence-corrected chi connectivity index (χ3v) is 5.60. The number of ketones is 1. The molecule has 0 unspecified atom stereocenters. The van der Waals surface area contributed by atoms with Crippen molar-refractivity contribution in [2.45, 2.75) is 13.0 Å². The fourth-order valence-corrected chi connectivity index (χ4v) is 3.84. The van der Waals surface area contributed by atoms with E-state index in [-0.39, 0.29) is 23.9 Å². The molecule has 0 aliphatic carbocycles. The van der Waals surface area contributed by atoms with Crippen LogP contribution >= 0.6 is 11.6 Å². The zero-order valence-electron chi connectivity index (χ0n) is 17.5. The van der Waals surface area contributed by atoms with Crippen molar-refractivity contribution in [1.29, 1.82) is 0 Å². The van der Waals surface area contributed by atoms with Crippen molar-refractivity contribution in [3.05, 3.63) is 95.0 Å². The molecule has 3 heterocycles. The van der Waals surface area contributed by atoms with Gasteiger partial charge in [0, 0.05) is 35.1 Å². The molecule has 0 spiro atoms. The second kappa shape index (κ2) is 8.84. The molecular formula is C24H19ClN6O2. The van der Waals surface area contributed by atoms with E-state index in [0.29, 0.717) is 34.5 Å². The van der Waals surface area contributed by atoms with Crippen LogP contribution in [0.3, 0.4) is 0 Å². The predicted octanol–water partition coefficient (Wildman–Crippen LogP) is 3.59. The number of pyridine rings is 1. The van der Waals surface area contributed by atoms with Gasteiger partial charge < -0.3 is 5.32 Å². The molecule has 0 saturated carbocycles. The summed E-state index contributed by atoms with van der Waals surface area (Å²) in [6.07, 6.45) is 2.41. The third-order valence-electron chi connectivity index (χ3n) is 5.35. The van der Waals surface area contributed by atoms with Crippen molar-refractivity contribution in [2.24, 2.45) is 0 Å². The highest BCUT2D eigenvalue weighted by Gasteiger charge is 2.19. The molecule has 5 aromatic rings. The molecule has 0 atom stereocenters. The van der Waals surface area contributed by atoms with Gasteiger partial charge in [0.1, 0.15) is 12.4 Å². The van der Waals surface area contributed by atoms with Crippen LogP contribution < -0.4 is 5.32 Å². The Morgan fingerprint density at radius 2 is 1.73 bits per heavy atom. The number of benzene rings is 2. The van der Waals surface area contributed by atoms with Gasteiger partial charge >= 0.3 is 0 Å². The summed E-state index contributed by atoms with van der Waals surface area (Å²) in [5, 5.41) is 16.9. The van der Waals surface area contributed by atoms with Crippen molar-refractivity contribution in [1.82, 2.24) is 29.7 Å². The van der Waals surface area contributed by atoms with E-state index in [1.807, 2.05) is 53.1 Å². The Bertz CT molecular complexity index is 1470. The van der Waals surface area contributed by atoms with E-state index in [2.05, 4.69) is 20.6 Å². The zero-order chi connectivity index (χ0) is 22.8. The lowest BCUT2D eigenvalue weighted by molar-refractivity contribution is 0.0938. The molecule has 0 aliphatic rings. The van der Waals surface area contributed by atoms with Gasteiger partial charge in [-0.3, -0.25) is 18.7 Å². The Morgan fingerprint density at radius 1 is 0.939 bits per heavy atom. The number of fused-ring (bicyclic) bond motifs is 2. The van der Waals surface area contributed by atoms with Gasteiger partial charge in [-0.25, -0.2) is 0 Å². The van der Waals surface area contributed by atoms with Crippen LogP contribution in [-0.4, -0.2) is 42.6 Å². The fraction of sp³-hybridized carbons (Fsp3) is 0.125. The number of carbonyl (C=O) groups excluding carboxylic acids is 2. The molecule has 8 nitrogen and oxygen atoms in total. The molecule has 5 rings (SSSR count). The number of carbonyl (C=O) groups is 2. The molecule has 0 radical (unpaired) electrons. The Hall–Kier alpha value is -4.04. The topological polar surface area (TPSA) is 94.2 Å². The zero-order valence-corrected chi connectivity index (χ0v) is 18.2. The summed E-state index contributed by atoms with van der Waals surface area (Å²) in [5.74, 6) is 0.332. The summed E-state index contributed by atoms with van der Waals surface area (Å²) in [7, 11) is 0. The summed E-state index contributed by atoms with van der Waals surface area (Å²) in [4.78, 5) is 25.7. The fourth-order valence-electron chi connectivity index (χ4n) is 3.71. The maximum Gasteiger partial charge on any atom is 0.272 e. The minimum Gasteiger partial charge on any atom is -0.350 e. The second-order valence-corrected chi connectivity index (χ2v) is 7.94. The lowest BCUT2D eigenvalue weighted by atomic mass is 10.1. The monoisotopic (exact) mass is 458 g/mol. The number of nitrogens with zero attached hydrogens (tertiary/aromatic N) is 5. The number of rotatable bonds is 7. The molecule has 0 aliphatic heterocycles. The van der Waals surface area contributed by atoms with Crippen LogP contribution in [0, 0.1) is 0 Å². The van der Waals surface area contributed by atoms with Crippen molar-refractivity contribution < 1.29 is 9.59 Å². The number of para-hydroxylation sites is 1. The number of amides is 1. The van der Waals surface area contributed by atoms with Gasteiger partial charge in [-0.15, -0.1) is 10.2 Å². The Balaban J connectivity index is 1.33. The molecule has 9 heteroatoms. The van der Waals surface area contributed by atoms with Crippen LogP contribution in [0.5, 0.6) is 0 Å². The van der Waals surface area contributed by atoms with Crippen LogP contribution in [0.1, 0.15) is 26.7 Å². The largest absolute Gasteiger partial charge is 0.350 e. The minimum atomic E-state index is -0.308. The van der Waals surface area contributed by atoms with Gasteiger partial charge in [-0.1, -0.05) is 35.9 Å². The quantitative estimate of drug-likeness (QED) is 0.376. The maximum atomic E-state index is 12.9. The van der Waals surface area contributed by atoms with Crippen LogP contribution in [-0.2, 0) is 13.0 Å². The number of hydrogen-bond acceptors (Lipinski definition) is 5. The van der Waals surface area contributed by atoms with Crippen molar-refractivity contribution in [3.63, 3.8) is 0 Å². The van der Waals surface area contributed by atoms with Crippen LogP contribution in [0.2, 0.25) is 5.02 Å². The molecule has 0 fully saturated rings. The van der Waals surface area contributed by atoms with Gasteiger partial charge in [-0.05, 0) is 42.5 Å².